The second kappa shape index (κ2) is 10.5. The van der Waals surface area contributed by atoms with E-state index in [4.69, 9.17) is 4.42 Å². The first-order valence-corrected chi connectivity index (χ1v) is 10.7. The molecule has 1 amide bonds. The number of carbonyl (C=O) groups is 1. The molecule has 1 aromatic rings. The Morgan fingerprint density at radius 2 is 1.86 bits per heavy atom. The number of carbonyl (C=O) groups excluding carboxylic acids is 1. The van der Waals surface area contributed by atoms with Gasteiger partial charge in [-0.1, -0.05) is 6.92 Å². The number of piperazine rings is 1. The highest BCUT2D eigenvalue weighted by atomic mass is 16.3. The fraction of sp³-hybridized carbons (Fsp3) is 0.714. The van der Waals surface area contributed by atoms with Gasteiger partial charge in [0.05, 0.1) is 6.26 Å². The molecule has 28 heavy (non-hydrogen) atoms. The van der Waals surface area contributed by atoms with E-state index < -0.39 is 0 Å². The van der Waals surface area contributed by atoms with Crippen molar-refractivity contribution in [2.75, 3.05) is 59.4 Å². The molecule has 3 rings (SSSR count). The van der Waals surface area contributed by atoms with Gasteiger partial charge in [-0.05, 0) is 63.4 Å². The van der Waals surface area contributed by atoms with Crippen LogP contribution in [-0.2, 0) is 0 Å². The number of nitrogens with zero attached hydrogens (tertiary/aromatic N) is 4. The van der Waals surface area contributed by atoms with Gasteiger partial charge in [0.2, 0.25) is 0 Å². The molecule has 7 nitrogen and oxygen atoms in total. The first-order chi connectivity index (χ1) is 13.7. The standard InChI is InChI=1S/C21H35N5O2/c1-18-7-11-24(12-8-18)10-4-3-9-23-21(22-2)26-15-13-25(14-16-26)20(27)19-6-5-17-28-19/h5-6,17-18H,3-4,7-16H2,1-2H3,(H,22,23). The van der Waals surface area contributed by atoms with E-state index in [-0.39, 0.29) is 5.91 Å². The molecule has 0 aromatic carbocycles. The lowest BCUT2D eigenvalue weighted by atomic mass is 9.99. The van der Waals surface area contributed by atoms with Gasteiger partial charge in [0.1, 0.15) is 0 Å². The van der Waals surface area contributed by atoms with E-state index in [1.54, 1.807) is 18.4 Å². The number of hydrogen-bond donors (Lipinski definition) is 1. The molecule has 0 atom stereocenters. The lowest BCUT2D eigenvalue weighted by molar-refractivity contribution is 0.0657. The Hall–Kier alpha value is -2.02. The first-order valence-electron chi connectivity index (χ1n) is 10.7. The first kappa shape index (κ1) is 20.7. The van der Waals surface area contributed by atoms with E-state index in [1.165, 1.54) is 38.9 Å². The van der Waals surface area contributed by atoms with Crippen molar-refractivity contribution in [3.8, 4) is 0 Å². The highest BCUT2D eigenvalue weighted by molar-refractivity contribution is 5.91. The molecule has 156 valence electrons. The molecule has 1 N–H and O–H groups in total. The van der Waals surface area contributed by atoms with Gasteiger partial charge in [-0.25, -0.2) is 0 Å². The Kier molecular flexibility index (Phi) is 7.77. The number of hydrogen-bond acceptors (Lipinski definition) is 4. The predicted molar refractivity (Wildman–Crippen MR) is 112 cm³/mol. The smallest absolute Gasteiger partial charge is 0.289 e. The summed E-state index contributed by atoms with van der Waals surface area (Å²) in [5, 5.41) is 3.49. The molecular weight excluding hydrogens is 354 g/mol. The normalized spacial score (nSPS) is 19.9. The van der Waals surface area contributed by atoms with Crippen LogP contribution in [0.15, 0.2) is 27.8 Å². The third-order valence-corrected chi connectivity index (χ3v) is 5.87. The second-order valence-corrected chi connectivity index (χ2v) is 7.96. The van der Waals surface area contributed by atoms with E-state index in [0.29, 0.717) is 18.8 Å². The quantitative estimate of drug-likeness (QED) is 0.459. The Morgan fingerprint density at radius 3 is 2.50 bits per heavy atom. The highest BCUT2D eigenvalue weighted by Gasteiger charge is 2.25. The van der Waals surface area contributed by atoms with Crippen molar-refractivity contribution in [3.63, 3.8) is 0 Å². The molecule has 0 saturated carbocycles. The van der Waals surface area contributed by atoms with Crippen molar-refractivity contribution in [1.29, 1.82) is 0 Å². The predicted octanol–water partition coefficient (Wildman–Crippen LogP) is 2.12. The van der Waals surface area contributed by atoms with E-state index in [9.17, 15) is 4.79 Å². The molecule has 0 radical (unpaired) electrons. The summed E-state index contributed by atoms with van der Waals surface area (Å²) in [4.78, 5) is 23.5. The van der Waals surface area contributed by atoms with Gasteiger partial charge in [0.15, 0.2) is 11.7 Å². The molecule has 7 heteroatoms. The van der Waals surface area contributed by atoms with Crippen molar-refractivity contribution >= 4 is 11.9 Å². The number of unbranched alkanes of at least 4 members (excludes halogenated alkanes) is 1. The number of guanidine groups is 1. The molecule has 0 spiro atoms. The number of rotatable bonds is 6. The van der Waals surface area contributed by atoms with Crippen molar-refractivity contribution in [1.82, 2.24) is 20.0 Å². The van der Waals surface area contributed by atoms with E-state index in [1.807, 2.05) is 11.9 Å². The number of aliphatic imine (C=N–C) groups is 1. The van der Waals surface area contributed by atoms with Gasteiger partial charge < -0.3 is 24.4 Å². The van der Waals surface area contributed by atoms with Crippen LogP contribution in [0.25, 0.3) is 0 Å². The summed E-state index contributed by atoms with van der Waals surface area (Å²) in [6.45, 7) is 9.99. The molecule has 3 heterocycles. The minimum atomic E-state index is -0.0281. The van der Waals surface area contributed by atoms with Crippen LogP contribution in [0.5, 0.6) is 0 Å². The zero-order valence-corrected chi connectivity index (χ0v) is 17.4. The molecule has 2 aliphatic rings. The fourth-order valence-corrected chi connectivity index (χ4v) is 3.96. The van der Waals surface area contributed by atoms with E-state index in [2.05, 4.69) is 27.0 Å². The summed E-state index contributed by atoms with van der Waals surface area (Å²) in [7, 11) is 1.83. The Bertz CT molecular complexity index is 615. The molecule has 2 saturated heterocycles. The highest BCUT2D eigenvalue weighted by Crippen LogP contribution is 2.16. The van der Waals surface area contributed by atoms with Gasteiger partial charge in [-0.15, -0.1) is 0 Å². The van der Waals surface area contributed by atoms with Crippen molar-refractivity contribution in [2.24, 2.45) is 10.9 Å². The van der Waals surface area contributed by atoms with Gasteiger partial charge in [-0.3, -0.25) is 9.79 Å². The molecule has 2 fully saturated rings. The summed E-state index contributed by atoms with van der Waals surface area (Å²) >= 11 is 0. The molecule has 0 aliphatic carbocycles. The van der Waals surface area contributed by atoms with Crippen molar-refractivity contribution in [3.05, 3.63) is 24.2 Å². The lowest BCUT2D eigenvalue weighted by Crippen LogP contribution is -2.53. The largest absolute Gasteiger partial charge is 0.459 e. The number of nitrogens with one attached hydrogen (secondary N) is 1. The van der Waals surface area contributed by atoms with Crippen LogP contribution in [0.4, 0.5) is 0 Å². The summed E-state index contributed by atoms with van der Waals surface area (Å²) in [6.07, 6.45) is 6.62. The topological polar surface area (TPSA) is 64.3 Å². The molecule has 0 bridgehead atoms. The maximum atomic E-state index is 12.4. The zero-order valence-electron chi connectivity index (χ0n) is 17.4. The van der Waals surface area contributed by atoms with Gasteiger partial charge >= 0.3 is 0 Å². The molecule has 1 aromatic heterocycles. The maximum Gasteiger partial charge on any atom is 0.289 e. The number of furan rings is 1. The van der Waals surface area contributed by atoms with E-state index in [0.717, 1.165) is 37.9 Å². The molecule has 0 unspecified atom stereocenters. The monoisotopic (exact) mass is 389 g/mol. The number of likely N-dealkylation sites (tertiary alicyclic amines) is 1. The van der Waals surface area contributed by atoms with Crippen LogP contribution in [-0.4, -0.2) is 86.0 Å². The summed E-state index contributed by atoms with van der Waals surface area (Å²) in [6, 6.07) is 3.47. The second-order valence-electron chi connectivity index (χ2n) is 7.96. The molecular formula is C21H35N5O2. The van der Waals surface area contributed by atoms with Crippen LogP contribution in [0.3, 0.4) is 0 Å². The Balaban J connectivity index is 1.32. The maximum absolute atomic E-state index is 12.4. The van der Waals surface area contributed by atoms with Crippen molar-refractivity contribution < 1.29 is 9.21 Å². The van der Waals surface area contributed by atoms with Crippen LogP contribution in [0.1, 0.15) is 43.2 Å². The van der Waals surface area contributed by atoms with Crippen LogP contribution >= 0.6 is 0 Å². The third-order valence-electron chi connectivity index (χ3n) is 5.87. The minimum absolute atomic E-state index is 0.0281. The lowest BCUT2D eigenvalue weighted by Gasteiger charge is -2.36. The van der Waals surface area contributed by atoms with Crippen LogP contribution in [0, 0.1) is 5.92 Å². The van der Waals surface area contributed by atoms with Gasteiger partial charge in [0.25, 0.3) is 5.91 Å². The number of piperidine rings is 1. The SMILES string of the molecule is CN=C(NCCCCN1CCC(C)CC1)N1CCN(C(=O)c2ccco2)CC1. The summed E-state index contributed by atoms with van der Waals surface area (Å²) < 4.78 is 5.22. The Labute approximate surface area is 168 Å². The Morgan fingerprint density at radius 1 is 1.14 bits per heavy atom. The van der Waals surface area contributed by atoms with Gasteiger partial charge in [-0.2, -0.15) is 0 Å². The zero-order chi connectivity index (χ0) is 19.8. The minimum Gasteiger partial charge on any atom is -0.459 e. The van der Waals surface area contributed by atoms with Gasteiger partial charge in [0, 0.05) is 39.8 Å². The third kappa shape index (κ3) is 5.74. The van der Waals surface area contributed by atoms with E-state index >= 15 is 0 Å². The van der Waals surface area contributed by atoms with Crippen LogP contribution < -0.4 is 5.32 Å². The fourth-order valence-electron chi connectivity index (χ4n) is 3.96. The summed E-state index contributed by atoms with van der Waals surface area (Å²) in [5.74, 6) is 2.23. The summed E-state index contributed by atoms with van der Waals surface area (Å²) in [5.41, 5.74) is 0. The average Bonchev–Trinajstić information content (AvgIpc) is 3.27. The van der Waals surface area contributed by atoms with Crippen LogP contribution in [0.2, 0.25) is 0 Å². The van der Waals surface area contributed by atoms with Crippen molar-refractivity contribution in [2.45, 2.75) is 32.6 Å². The average molecular weight is 390 g/mol. The molecule has 2 aliphatic heterocycles. The number of amides is 1.